The van der Waals surface area contributed by atoms with Crippen molar-refractivity contribution >= 4 is 29.5 Å². The SMILES string of the molecule is CC(C)C(=O)CNC(=O)CC[C@H](NC(=O)CCCCCCCCCCCCCCC(=O)O)C(=O)O. The lowest BCUT2D eigenvalue weighted by Gasteiger charge is -2.14. The molecule has 0 unspecified atom stereocenters. The monoisotopic (exact) mass is 498 g/mol. The number of ketones is 1. The Kier molecular flexibility index (Phi) is 19.4. The summed E-state index contributed by atoms with van der Waals surface area (Å²) in [4.78, 5) is 57.3. The molecule has 0 aliphatic carbocycles. The van der Waals surface area contributed by atoms with E-state index in [1.807, 2.05) is 0 Å². The number of unbranched alkanes of at least 4 members (excludes halogenated alkanes) is 11. The van der Waals surface area contributed by atoms with Crippen LogP contribution in [0.1, 0.15) is 117 Å². The van der Waals surface area contributed by atoms with Crippen LogP contribution in [0.2, 0.25) is 0 Å². The fraction of sp³-hybridized carbons (Fsp3) is 0.808. The maximum Gasteiger partial charge on any atom is 0.326 e. The van der Waals surface area contributed by atoms with Crippen LogP contribution in [0.25, 0.3) is 0 Å². The topological polar surface area (TPSA) is 150 Å². The highest BCUT2D eigenvalue weighted by atomic mass is 16.4. The van der Waals surface area contributed by atoms with E-state index in [9.17, 15) is 29.1 Å². The molecular weight excluding hydrogens is 452 g/mol. The smallest absolute Gasteiger partial charge is 0.326 e. The van der Waals surface area contributed by atoms with Crippen LogP contribution in [-0.4, -0.2) is 52.3 Å². The van der Waals surface area contributed by atoms with E-state index >= 15 is 0 Å². The van der Waals surface area contributed by atoms with E-state index in [2.05, 4.69) is 10.6 Å². The van der Waals surface area contributed by atoms with Gasteiger partial charge in [-0.05, 0) is 19.3 Å². The molecule has 0 aliphatic rings. The zero-order valence-corrected chi connectivity index (χ0v) is 21.6. The van der Waals surface area contributed by atoms with Gasteiger partial charge in [0.1, 0.15) is 6.04 Å². The van der Waals surface area contributed by atoms with Crippen molar-refractivity contribution in [2.75, 3.05) is 6.54 Å². The number of aliphatic carboxylic acids is 2. The van der Waals surface area contributed by atoms with Crippen LogP contribution in [0.4, 0.5) is 0 Å². The molecule has 9 heteroatoms. The maximum absolute atomic E-state index is 12.1. The number of carboxylic acids is 2. The Balaban J connectivity index is 3.75. The van der Waals surface area contributed by atoms with Crippen LogP contribution in [0.5, 0.6) is 0 Å². The maximum atomic E-state index is 12.1. The van der Waals surface area contributed by atoms with E-state index < -0.39 is 23.9 Å². The molecule has 0 fully saturated rings. The summed E-state index contributed by atoms with van der Waals surface area (Å²) in [5.74, 6) is -2.90. The van der Waals surface area contributed by atoms with E-state index in [-0.39, 0.29) is 49.8 Å². The number of carbonyl (C=O) groups excluding carboxylic acids is 3. The van der Waals surface area contributed by atoms with Crippen LogP contribution in [-0.2, 0) is 24.0 Å². The number of hydrogen-bond acceptors (Lipinski definition) is 5. The minimum atomic E-state index is -1.18. The quantitative estimate of drug-likeness (QED) is 0.154. The predicted octanol–water partition coefficient (Wildman–Crippen LogP) is 4.22. The fourth-order valence-electron chi connectivity index (χ4n) is 3.61. The molecule has 0 radical (unpaired) electrons. The molecule has 2 amide bonds. The van der Waals surface area contributed by atoms with Crippen molar-refractivity contribution in [1.82, 2.24) is 10.6 Å². The Morgan fingerprint density at radius 3 is 1.51 bits per heavy atom. The van der Waals surface area contributed by atoms with Crippen molar-refractivity contribution in [2.24, 2.45) is 5.92 Å². The van der Waals surface area contributed by atoms with Gasteiger partial charge in [-0.2, -0.15) is 0 Å². The normalized spacial score (nSPS) is 11.7. The van der Waals surface area contributed by atoms with Gasteiger partial charge in [0.2, 0.25) is 11.8 Å². The van der Waals surface area contributed by atoms with Crippen LogP contribution in [0.3, 0.4) is 0 Å². The molecule has 0 saturated carbocycles. The minimum Gasteiger partial charge on any atom is -0.481 e. The van der Waals surface area contributed by atoms with Crippen molar-refractivity contribution in [3.63, 3.8) is 0 Å². The van der Waals surface area contributed by atoms with Gasteiger partial charge in [-0.3, -0.25) is 19.2 Å². The first kappa shape index (κ1) is 32.5. The molecule has 0 spiro atoms. The lowest BCUT2D eigenvalue weighted by molar-refractivity contribution is -0.142. The second kappa shape index (κ2) is 20.9. The molecular formula is C26H46N2O7. The first-order valence-corrected chi connectivity index (χ1v) is 13.2. The molecule has 0 aromatic rings. The molecule has 0 aromatic carbocycles. The largest absolute Gasteiger partial charge is 0.481 e. The van der Waals surface area contributed by atoms with Crippen molar-refractivity contribution in [1.29, 1.82) is 0 Å². The second-order valence-corrected chi connectivity index (χ2v) is 9.53. The van der Waals surface area contributed by atoms with Crippen LogP contribution < -0.4 is 10.6 Å². The van der Waals surface area contributed by atoms with Crippen molar-refractivity contribution in [3.8, 4) is 0 Å². The summed E-state index contributed by atoms with van der Waals surface area (Å²) in [7, 11) is 0. The van der Waals surface area contributed by atoms with Gasteiger partial charge < -0.3 is 20.8 Å². The van der Waals surface area contributed by atoms with Gasteiger partial charge in [0.05, 0.1) is 6.54 Å². The summed E-state index contributed by atoms with van der Waals surface area (Å²) in [5, 5.41) is 22.9. The first-order chi connectivity index (χ1) is 16.6. The van der Waals surface area contributed by atoms with Crippen LogP contribution in [0.15, 0.2) is 0 Å². The third kappa shape index (κ3) is 20.6. The molecule has 202 valence electrons. The van der Waals surface area contributed by atoms with Gasteiger partial charge in [-0.25, -0.2) is 4.79 Å². The van der Waals surface area contributed by atoms with Crippen molar-refractivity contribution < 1.29 is 34.2 Å². The number of nitrogens with one attached hydrogen (secondary N) is 2. The number of amides is 2. The Morgan fingerprint density at radius 1 is 0.629 bits per heavy atom. The van der Waals surface area contributed by atoms with Crippen LogP contribution in [0, 0.1) is 5.92 Å². The molecule has 9 nitrogen and oxygen atoms in total. The highest BCUT2D eigenvalue weighted by Gasteiger charge is 2.21. The van der Waals surface area contributed by atoms with Gasteiger partial charge in [-0.1, -0.05) is 78.1 Å². The third-order valence-corrected chi connectivity index (χ3v) is 5.94. The average molecular weight is 499 g/mol. The number of carbonyl (C=O) groups is 5. The van der Waals surface area contributed by atoms with Crippen molar-refractivity contribution in [3.05, 3.63) is 0 Å². The highest BCUT2D eigenvalue weighted by Crippen LogP contribution is 2.13. The number of carboxylic acid groups (broad SMARTS) is 2. The molecule has 0 heterocycles. The minimum absolute atomic E-state index is 0.0227. The molecule has 0 saturated heterocycles. The molecule has 1 atom stereocenters. The Morgan fingerprint density at radius 2 is 1.09 bits per heavy atom. The zero-order valence-electron chi connectivity index (χ0n) is 21.6. The van der Waals surface area contributed by atoms with Gasteiger partial charge in [0.15, 0.2) is 5.78 Å². The van der Waals surface area contributed by atoms with Gasteiger partial charge >= 0.3 is 11.9 Å². The first-order valence-electron chi connectivity index (χ1n) is 13.2. The van der Waals surface area contributed by atoms with Crippen LogP contribution >= 0.6 is 0 Å². The van der Waals surface area contributed by atoms with Gasteiger partial charge in [0.25, 0.3) is 0 Å². The Bertz CT molecular complexity index is 650. The standard InChI is InChI=1S/C26H46N2O7/c1-20(2)22(29)19-27-23(30)18-17-21(26(34)35)28-24(31)15-13-11-9-7-5-3-4-6-8-10-12-14-16-25(32)33/h20-21H,3-19H2,1-2H3,(H,27,30)(H,28,31)(H,32,33)(H,34,35)/t21-/m0/s1. The highest BCUT2D eigenvalue weighted by molar-refractivity contribution is 5.88. The summed E-state index contributed by atoms with van der Waals surface area (Å²) >= 11 is 0. The Hall–Kier alpha value is -2.45. The Labute approximate surface area is 209 Å². The summed E-state index contributed by atoms with van der Waals surface area (Å²) in [6, 6.07) is -1.12. The van der Waals surface area contributed by atoms with E-state index in [0.29, 0.717) is 6.42 Å². The van der Waals surface area contributed by atoms with E-state index in [1.54, 1.807) is 13.8 Å². The van der Waals surface area contributed by atoms with Crippen molar-refractivity contribution in [2.45, 2.75) is 123 Å². The average Bonchev–Trinajstić information content (AvgIpc) is 2.79. The summed E-state index contributed by atoms with van der Waals surface area (Å²) in [6.07, 6.45) is 13.0. The molecule has 35 heavy (non-hydrogen) atoms. The second-order valence-electron chi connectivity index (χ2n) is 9.53. The summed E-state index contributed by atoms with van der Waals surface area (Å²) in [5.41, 5.74) is 0. The summed E-state index contributed by atoms with van der Waals surface area (Å²) < 4.78 is 0. The molecule has 0 aliphatic heterocycles. The third-order valence-electron chi connectivity index (χ3n) is 5.94. The molecule has 4 N–H and O–H groups in total. The summed E-state index contributed by atoms with van der Waals surface area (Å²) in [6.45, 7) is 3.41. The van der Waals surface area contributed by atoms with E-state index in [0.717, 1.165) is 51.4 Å². The molecule has 0 bridgehead atoms. The zero-order chi connectivity index (χ0) is 26.5. The van der Waals surface area contributed by atoms with E-state index in [4.69, 9.17) is 5.11 Å². The predicted molar refractivity (Wildman–Crippen MR) is 134 cm³/mol. The number of rotatable bonds is 23. The molecule has 0 rings (SSSR count). The lowest BCUT2D eigenvalue weighted by atomic mass is 10.0. The number of hydrogen-bond donors (Lipinski definition) is 4. The number of Topliss-reactive ketones (excluding diaryl/α,β-unsaturated/α-hetero) is 1. The molecule has 0 aromatic heterocycles. The van der Waals surface area contributed by atoms with Gasteiger partial charge in [0, 0.05) is 25.2 Å². The van der Waals surface area contributed by atoms with E-state index in [1.165, 1.54) is 19.3 Å². The fourth-order valence-corrected chi connectivity index (χ4v) is 3.61. The lowest BCUT2D eigenvalue weighted by Crippen LogP contribution is -2.41. The van der Waals surface area contributed by atoms with Gasteiger partial charge in [-0.15, -0.1) is 0 Å².